The Hall–Kier alpha value is -2.86. The molecule has 0 heterocycles. The molecule has 0 aliphatic carbocycles. The highest BCUT2D eigenvalue weighted by Gasteiger charge is 2.14. The van der Waals surface area contributed by atoms with E-state index in [0.29, 0.717) is 18.0 Å². The van der Waals surface area contributed by atoms with Gasteiger partial charge in [0.1, 0.15) is 5.75 Å². The first-order valence-corrected chi connectivity index (χ1v) is 8.79. The number of rotatable bonds is 8. The summed E-state index contributed by atoms with van der Waals surface area (Å²) in [7, 11) is 5.10. The molecular formula is C21H27N3O3. The van der Waals surface area contributed by atoms with Crippen LogP contribution in [0.1, 0.15) is 11.1 Å². The molecule has 2 amide bonds. The molecule has 0 aromatic heterocycles. The van der Waals surface area contributed by atoms with Crippen molar-refractivity contribution in [3.05, 3.63) is 59.7 Å². The van der Waals surface area contributed by atoms with Crippen LogP contribution in [-0.2, 0) is 16.1 Å². The van der Waals surface area contributed by atoms with Gasteiger partial charge >= 0.3 is 0 Å². The maximum atomic E-state index is 12.4. The average Bonchev–Trinajstić information content (AvgIpc) is 2.63. The zero-order valence-electron chi connectivity index (χ0n) is 16.4. The van der Waals surface area contributed by atoms with E-state index < -0.39 is 0 Å². The zero-order chi connectivity index (χ0) is 19.8. The Balaban J connectivity index is 1.80. The van der Waals surface area contributed by atoms with Crippen molar-refractivity contribution < 1.29 is 14.3 Å². The van der Waals surface area contributed by atoms with Gasteiger partial charge < -0.3 is 15.0 Å². The van der Waals surface area contributed by atoms with Crippen molar-refractivity contribution in [2.75, 3.05) is 39.6 Å². The first-order valence-electron chi connectivity index (χ1n) is 8.79. The summed E-state index contributed by atoms with van der Waals surface area (Å²) in [6.45, 7) is 2.88. The normalized spacial score (nSPS) is 10.6. The number of aryl methyl sites for hydroxylation is 1. The van der Waals surface area contributed by atoms with Crippen LogP contribution in [0.4, 0.5) is 5.69 Å². The number of nitrogens with one attached hydrogen (secondary N) is 1. The maximum absolute atomic E-state index is 12.4. The number of hydrogen-bond donors (Lipinski definition) is 1. The third-order valence-corrected chi connectivity index (χ3v) is 4.14. The molecular weight excluding hydrogens is 342 g/mol. The molecule has 0 saturated carbocycles. The predicted molar refractivity (Wildman–Crippen MR) is 107 cm³/mol. The third-order valence-electron chi connectivity index (χ3n) is 4.14. The molecule has 2 aromatic carbocycles. The average molecular weight is 369 g/mol. The van der Waals surface area contributed by atoms with E-state index in [1.165, 1.54) is 5.56 Å². The van der Waals surface area contributed by atoms with Gasteiger partial charge in [-0.2, -0.15) is 0 Å². The lowest BCUT2D eigenvalue weighted by Crippen LogP contribution is -2.39. The topological polar surface area (TPSA) is 61.9 Å². The number of benzene rings is 2. The molecule has 0 unspecified atom stereocenters. The van der Waals surface area contributed by atoms with Gasteiger partial charge in [-0.1, -0.05) is 35.9 Å². The van der Waals surface area contributed by atoms with Crippen LogP contribution in [-0.4, -0.2) is 55.9 Å². The van der Waals surface area contributed by atoms with E-state index in [1.807, 2.05) is 43.3 Å². The van der Waals surface area contributed by atoms with Crippen molar-refractivity contribution >= 4 is 17.5 Å². The minimum absolute atomic E-state index is 0.0349. The molecule has 2 aromatic rings. The van der Waals surface area contributed by atoms with Crippen molar-refractivity contribution in [1.29, 1.82) is 0 Å². The predicted octanol–water partition coefficient (Wildman–Crippen LogP) is 2.53. The summed E-state index contributed by atoms with van der Waals surface area (Å²) in [6, 6.07) is 15.3. The van der Waals surface area contributed by atoms with Crippen LogP contribution in [0, 0.1) is 6.92 Å². The van der Waals surface area contributed by atoms with Crippen LogP contribution >= 0.6 is 0 Å². The largest absolute Gasteiger partial charge is 0.497 e. The Labute approximate surface area is 160 Å². The Kier molecular flexibility index (Phi) is 7.37. The molecule has 0 spiro atoms. The zero-order valence-corrected chi connectivity index (χ0v) is 16.4. The van der Waals surface area contributed by atoms with Gasteiger partial charge in [0.2, 0.25) is 11.8 Å². The first kappa shape index (κ1) is 20.5. The second kappa shape index (κ2) is 9.73. The smallest absolute Gasteiger partial charge is 0.238 e. The van der Waals surface area contributed by atoms with Crippen LogP contribution in [0.2, 0.25) is 0 Å². The summed E-state index contributed by atoms with van der Waals surface area (Å²) in [5, 5.41) is 2.81. The molecule has 0 aliphatic heterocycles. The lowest BCUT2D eigenvalue weighted by Gasteiger charge is -2.22. The van der Waals surface area contributed by atoms with Gasteiger partial charge in [0.05, 0.1) is 20.2 Å². The van der Waals surface area contributed by atoms with Crippen molar-refractivity contribution in [3.8, 4) is 5.75 Å². The van der Waals surface area contributed by atoms with Crippen molar-refractivity contribution in [3.63, 3.8) is 0 Å². The molecule has 1 N–H and O–H groups in total. The lowest BCUT2D eigenvalue weighted by atomic mass is 10.1. The van der Waals surface area contributed by atoms with E-state index >= 15 is 0 Å². The summed E-state index contributed by atoms with van der Waals surface area (Å²) >= 11 is 0. The highest BCUT2D eigenvalue weighted by atomic mass is 16.5. The minimum Gasteiger partial charge on any atom is -0.497 e. The van der Waals surface area contributed by atoms with E-state index in [1.54, 1.807) is 43.1 Å². The molecule has 0 radical (unpaired) electrons. The minimum atomic E-state index is -0.181. The molecule has 27 heavy (non-hydrogen) atoms. The van der Waals surface area contributed by atoms with E-state index in [4.69, 9.17) is 4.74 Å². The van der Waals surface area contributed by atoms with E-state index in [0.717, 1.165) is 5.56 Å². The second-order valence-corrected chi connectivity index (χ2v) is 6.69. The van der Waals surface area contributed by atoms with E-state index in [9.17, 15) is 9.59 Å². The van der Waals surface area contributed by atoms with Gasteiger partial charge in [-0.25, -0.2) is 0 Å². The second-order valence-electron chi connectivity index (χ2n) is 6.69. The van der Waals surface area contributed by atoms with Gasteiger partial charge in [0.15, 0.2) is 0 Å². The fourth-order valence-electron chi connectivity index (χ4n) is 2.61. The fraction of sp³-hybridized carbons (Fsp3) is 0.333. The number of methoxy groups -OCH3 is 1. The Morgan fingerprint density at radius 1 is 1.04 bits per heavy atom. The Bertz CT molecular complexity index is 774. The number of anilines is 1. The van der Waals surface area contributed by atoms with Crippen LogP contribution in [0.25, 0.3) is 0 Å². The molecule has 6 nitrogen and oxygen atoms in total. The van der Waals surface area contributed by atoms with Crippen molar-refractivity contribution in [2.45, 2.75) is 13.5 Å². The molecule has 0 fully saturated rings. The van der Waals surface area contributed by atoms with Gasteiger partial charge in [0.25, 0.3) is 0 Å². The van der Waals surface area contributed by atoms with Gasteiger partial charge in [0, 0.05) is 25.3 Å². The summed E-state index contributed by atoms with van der Waals surface area (Å²) in [4.78, 5) is 27.9. The molecule has 0 saturated heterocycles. The Morgan fingerprint density at radius 3 is 2.41 bits per heavy atom. The van der Waals surface area contributed by atoms with Crippen LogP contribution < -0.4 is 10.1 Å². The number of amides is 2. The van der Waals surface area contributed by atoms with Crippen LogP contribution in [0.5, 0.6) is 5.75 Å². The number of carbonyl (C=O) groups excluding carboxylic acids is 2. The summed E-state index contributed by atoms with van der Waals surface area (Å²) < 4.78 is 5.14. The lowest BCUT2D eigenvalue weighted by molar-refractivity contribution is -0.131. The van der Waals surface area contributed by atoms with Gasteiger partial charge in [-0.05, 0) is 31.7 Å². The third kappa shape index (κ3) is 6.75. The SMILES string of the molecule is COc1cccc(NC(=O)CN(C)CC(=O)N(C)Cc2ccc(C)cc2)c1. The van der Waals surface area contributed by atoms with Crippen LogP contribution in [0.15, 0.2) is 48.5 Å². The molecule has 6 heteroatoms. The number of likely N-dealkylation sites (N-methyl/N-ethyl adjacent to an activating group) is 2. The number of nitrogens with zero attached hydrogens (tertiary/aromatic N) is 2. The maximum Gasteiger partial charge on any atom is 0.238 e. The number of hydrogen-bond acceptors (Lipinski definition) is 4. The van der Waals surface area contributed by atoms with E-state index in [2.05, 4.69) is 5.32 Å². The first-order chi connectivity index (χ1) is 12.9. The van der Waals surface area contributed by atoms with Gasteiger partial charge in [-0.15, -0.1) is 0 Å². The monoisotopic (exact) mass is 369 g/mol. The molecule has 0 bridgehead atoms. The highest BCUT2D eigenvalue weighted by Crippen LogP contribution is 2.16. The summed E-state index contributed by atoms with van der Waals surface area (Å²) in [5.41, 5.74) is 2.93. The van der Waals surface area contributed by atoms with Gasteiger partial charge in [-0.3, -0.25) is 14.5 Å². The number of ether oxygens (including phenoxy) is 1. The quantitative estimate of drug-likeness (QED) is 0.777. The number of carbonyl (C=O) groups is 2. The summed E-state index contributed by atoms with van der Waals surface area (Å²) in [5.74, 6) is 0.459. The Morgan fingerprint density at radius 2 is 1.74 bits per heavy atom. The standard InChI is InChI=1S/C21H27N3O3/c1-16-8-10-17(11-9-16)13-24(3)21(26)15-23(2)14-20(25)22-18-6-5-7-19(12-18)27-4/h5-12H,13-15H2,1-4H3,(H,22,25). The molecule has 144 valence electrons. The fourth-order valence-corrected chi connectivity index (χ4v) is 2.61. The highest BCUT2D eigenvalue weighted by molar-refractivity contribution is 5.92. The summed E-state index contributed by atoms with van der Waals surface area (Å²) in [6.07, 6.45) is 0. The van der Waals surface area contributed by atoms with Crippen LogP contribution in [0.3, 0.4) is 0 Å². The van der Waals surface area contributed by atoms with Crippen molar-refractivity contribution in [1.82, 2.24) is 9.80 Å². The molecule has 0 atom stereocenters. The molecule has 2 rings (SSSR count). The molecule has 0 aliphatic rings. The van der Waals surface area contributed by atoms with Crippen molar-refractivity contribution in [2.24, 2.45) is 0 Å². The van der Waals surface area contributed by atoms with E-state index in [-0.39, 0.29) is 24.9 Å².